The fourth-order valence-corrected chi connectivity index (χ4v) is 3.54. The molecule has 146 valence electrons. The van der Waals surface area contributed by atoms with Crippen LogP contribution in [-0.4, -0.2) is 26.7 Å². The minimum absolute atomic E-state index is 0. The Hall–Kier alpha value is -1.60. The molecule has 0 amide bonds. The number of nitrogens with one attached hydrogen (secondary N) is 2. The summed E-state index contributed by atoms with van der Waals surface area (Å²) in [6.07, 6.45) is 3.78. The highest BCUT2D eigenvalue weighted by atomic mass is 127. The van der Waals surface area contributed by atoms with Crippen LogP contribution in [-0.2, 0) is 23.3 Å². The van der Waals surface area contributed by atoms with Crippen molar-refractivity contribution in [3.8, 4) is 0 Å². The van der Waals surface area contributed by atoms with Gasteiger partial charge in [-0.2, -0.15) is 0 Å². The van der Waals surface area contributed by atoms with Gasteiger partial charge in [0.25, 0.3) is 0 Å². The van der Waals surface area contributed by atoms with Crippen LogP contribution in [0.4, 0.5) is 0 Å². The monoisotopic (exact) mass is 479 g/mol. The maximum atomic E-state index is 5.15. The molecule has 2 aromatic rings. The van der Waals surface area contributed by atoms with Crippen molar-refractivity contribution in [3.63, 3.8) is 0 Å². The Bertz CT molecular complexity index is 712. The number of hydrogen-bond acceptors (Lipinski definition) is 2. The molecule has 0 radical (unpaired) electrons. The van der Waals surface area contributed by atoms with Crippen LogP contribution < -0.4 is 10.6 Å². The molecule has 0 aromatic heterocycles. The molecule has 5 heteroatoms. The first-order valence-corrected chi connectivity index (χ1v) is 9.32. The number of methoxy groups -OCH3 is 1. The highest BCUT2D eigenvalue weighted by molar-refractivity contribution is 14.0. The lowest BCUT2D eigenvalue weighted by Gasteiger charge is -2.43. The van der Waals surface area contributed by atoms with E-state index in [0.29, 0.717) is 6.61 Å². The number of nitrogens with zero attached hydrogens (tertiary/aromatic N) is 1. The molecule has 2 N–H and O–H groups in total. The van der Waals surface area contributed by atoms with Gasteiger partial charge in [-0.1, -0.05) is 61.0 Å². The van der Waals surface area contributed by atoms with E-state index in [4.69, 9.17) is 4.74 Å². The summed E-state index contributed by atoms with van der Waals surface area (Å²) in [5, 5.41) is 6.95. The lowest BCUT2D eigenvalue weighted by molar-refractivity contribution is 0.185. The second-order valence-corrected chi connectivity index (χ2v) is 7.03. The normalized spacial score (nSPS) is 15.4. The Balaban J connectivity index is 0.00000261. The Kier molecular flexibility index (Phi) is 8.57. The zero-order valence-electron chi connectivity index (χ0n) is 16.2. The summed E-state index contributed by atoms with van der Waals surface area (Å²) in [4.78, 5) is 4.38. The quantitative estimate of drug-likeness (QED) is 0.355. The predicted molar refractivity (Wildman–Crippen MR) is 123 cm³/mol. The highest BCUT2D eigenvalue weighted by Crippen LogP contribution is 2.43. The first-order valence-electron chi connectivity index (χ1n) is 9.32. The summed E-state index contributed by atoms with van der Waals surface area (Å²) in [7, 11) is 3.54. The maximum Gasteiger partial charge on any atom is 0.191 e. The molecule has 0 spiro atoms. The molecule has 2 aromatic carbocycles. The molecule has 1 fully saturated rings. The first kappa shape index (κ1) is 21.7. The predicted octanol–water partition coefficient (Wildman–Crippen LogP) is 4.24. The fourth-order valence-electron chi connectivity index (χ4n) is 3.54. The SMILES string of the molecule is CN=C(NCc1ccc(COC)cc1)NCC1(c2ccccc2)CCC1.I. The summed E-state index contributed by atoms with van der Waals surface area (Å²) < 4.78 is 5.15. The van der Waals surface area contributed by atoms with E-state index < -0.39 is 0 Å². The molecule has 0 saturated heterocycles. The van der Waals surface area contributed by atoms with Gasteiger partial charge in [0.05, 0.1) is 6.61 Å². The number of guanidine groups is 1. The number of rotatable bonds is 7. The smallest absolute Gasteiger partial charge is 0.191 e. The summed E-state index contributed by atoms with van der Waals surface area (Å²) in [6.45, 7) is 2.33. The average Bonchev–Trinajstić information content (AvgIpc) is 2.65. The number of aliphatic imine (C=N–C) groups is 1. The zero-order chi connectivity index (χ0) is 18.2. The summed E-state index contributed by atoms with van der Waals surface area (Å²) >= 11 is 0. The van der Waals surface area contributed by atoms with Crippen LogP contribution in [0.25, 0.3) is 0 Å². The van der Waals surface area contributed by atoms with Crippen molar-refractivity contribution < 1.29 is 4.74 Å². The van der Waals surface area contributed by atoms with Crippen molar-refractivity contribution in [2.24, 2.45) is 4.99 Å². The zero-order valence-corrected chi connectivity index (χ0v) is 18.5. The molecule has 0 unspecified atom stereocenters. The number of ether oxygens (including phenoxy) is 1. The largest absolute Gasteiger partial charge is 0.380 e. The van der Waals surface area contributed by atoms with E-state index in [1.165, 1.54) is 36.0 Å². The molecule has 0 heterocycles. The summed E-state index contributed by atoms with van der Waals surface area (Å²) in [6, 6.07) is 19.3. The van der Waals surface area contributed by atoms with Crippen molar-refractivity contribution in [3.05, 3.63) is 71.3 Å². The second-order valence-electron chi connectivity index (χ2n) is 7.03. The molecule has 1 aliphatic carbocycles. The molecule has 27 heavy (non-hydrogen) atoms. The van der Waals surface area contributed by atoms with E-state index in [1.54, 1.807) is 7.11 Å². The van der Waals surface area contributed by atoms with Crippen LogP contribution >= 0.6 is 24.0 Å². The van der Waals surface area contributed by atoms with Crippen LogP contribution in [0, 0.1) is 0 Å². The number of benzene rings is 2. The number of hydrogen-bond donors (Lipinski definition) is 2. The average molecular weight is 479 g/mol. The Morgan fingerprint density at radius 2 is 1.67 bits per heavy atom. The van der Waals surface area contributed by atoms with E-state index in [9.17, 15) is 0 Å². The lowest BCUT2D eigenvalue weighted by atomic mass is 9.64. The van der Waals surface area contributed by atoms with Crippen molar-refractivity contribution in [2.75, 3.05) is 20.7 Å². The van der Waals surface area contributed by atoms with E-state index in [1.807, 2.05) is 7.05 Å². The fraction of sp³-hybridized carbons (Fsp3) is 0.409. The lowest BCUT2D eigenvalue weighted by Crippen LogP contribution is -2.48. The van der Waals surface area contributed by atoms with Crippen molar-refractivity contribution in [1.82, 2.24) is 10.6 Å². The van der Waals surface area contributed by atoms with Gasteiger partial charge in [0, 0.05) is 32.7 Å². The van der Waals surface area contributed by atoms with Crippen LogP contribution in [0.3, 0.4) is 0 Å². The molecular weight excluding hydrogens is 449 g/mol. The van der Waals surface area contributed by atoms with Crippen molar-refractivity contribution >= 4 is 29.9 Å². The third-order valence-electron chi connectivity index (χ3n) is 5.31. The van der Waals surface area contributed by atoms with Gasteiger partial charge in [-0.05, 0) is 29.5 Å². The molecule has 0 aliphatic heterocycles. The topological polar surface area (TPSA) is 45.7 Å². The van der Waals surface area contributed by atoms with Gasteiger partial charge in [-0.3, -0.25) is 4.99 Å². The van der Waals surface area contributed by atoms with Crippen LogP contribution in [0.5, 0.6) is 0 Å². The Labute approximate surface area is 179 Å². The second kappa shape index (κ2) is 10.7. The van der Waals surface area contributed by atoms with E-state index >= 15 is 0 Å². The third kappa shape index (κ3) is 5.69. The van der Waals surface area contributed by atoms with Gasteiger partial charge in [0.1, 0.15) is 0 Å². The van der Waals surface area contributed by atoms with Gasteiger partial charge in [-0.25, -0.2) is 0 Å². The first-order chi connectivity index (χ1) is 12.8. The Morgan fingerprint density at radius 3 is 2.22 bits per heavy atom. The minimum atomic E-state index is 0. The highest BCUT2D eigenvalue weighted by Gasteiger charge is 2.38. The van der Waals surface area contributed by atoms with Crippen LogP contribution in [0.15, 0.2) is 59.6 Å². The maximum absolute atomic E-state index is 5.15. The van der Waals surface area contributed by atoms with Gasteiger partial charge in [0.2, 0.25) is 0 Å². The molecule has 0 atom stereocenters. The van der Waals surface area contributed by atoms with Crippen molar-refractivity contribution in [1.29, 1.82) is 0 Å². The van der Waals surface area contributed by atoms with Crippen LogP contribution in [0.2, 0.25) is 0 Å². The molecule has 1 saturated carbocycles. The molecule has 1 aliphatic rings. The van der Waals surface area contributed by atoms with Gasteiger partial charge < -0.3 is 15.4 Å². The van der Waals surface area contributed by atoms with Gasteiger partial charge in [-0.15, -0.1) is 24.0 Å². The molecule has 0 bridgehead atoms. The van der Waals surface area contributed by atoms with E-state index in [2.05, 4.69) is 70.2 Å². The van der Waals surface area contributed by atoms with Gasteiger partial charge >= 0.3 is 0 Å². The van der Waals surface area contributed by atoms with E-state index in [0.717, 1.165) is 19.0 Å². The number of halogens is 1. The van der Waals surface area contributed by atoms with Crippen LogP contribution in [0.1, 0.15) is 36.0 Å². The summed E-state index contributed by atoms with van der Waals surface area (Å²) in [5.41, 5.74) is 4.10. The molecular formula is C22H30IN3O. The summed E-state index contributed by atoms with van der Waals surface area (Å²) in [5.74, 6) is 0.855. The van der Waals surface area contributed by atoms with Gasteiger partial charge in [0.15, 0.2) is 5.96 Å². The standard InChI is InChI=1S/C22H29N3O.HI/c1-23-21(24-15-18-9-11-19(12-10-18)16-26-2)25-17-22(13-6-14-22)20-7-4-3-5-8-20;/h3-5,7-12H,6,13-17H2,1-2H3,(H2,23,24,25);1H. The Morgan fingerprint density at radius 1 is 1.00 bits per heavy atom. The van der Waals surface area contributed by atoms with E-state index in [-0.39, 0.29) is 29.4 Å². The van der Waals surface area contributed by atoms with Crippen molar-refractivity contribution in [2.45, 2.75) is 37.8 Å². The third-order valence-corrected chi connectivity index (χ3v) is 5.31. The molecule has 3 rings (SSSR count). The molecule has 4 nitrogen and oxygen atoms in total. The minimum Gasteiger partial charge on any atom is -0.380 e.